The van der Waals surface area contributed by atoms with Gasteiger partial charge in [-0.25, -0.2) is 9.28 Å². The molecular weight excluding hydrogens is 197 g/mol. The molecular formula is C4H9ClFO4P. The van der Waals surface area contributed by atoms with E-state index in [2.05, 4.69) is 9.56 Å². The maximum Gasteiger partial charge on any atom is 0.389 e. The first-order valence-electron chi connectivity index (χ1n) is 2.88. The molecule has 0 rings (SSSR count). The van der Waals surface area contributed by atoms with Crippen LogP contribution in [0.4, 0.5) is 4.39 Å². The highest BCUT2D eigenvalue weighted by Crippen LogP contribution is 2.48. The second kappa shape index (κ2) is 5.06. The molecule has 0 spiro atoms. The van der Waals surface area contributed by atoms with Crippen molar-refractivity contribution in [1.82, 2.24) is 0 Å². The van der Waals surface area contributed by atoms with Crippen molar-refractivity contribution in [2.24, 2.45) is 0 Å². The molecule has 0 saturated carbocycles. The fourth-order valence-electron chi connectivity index (χ4n) is 0.262. The predicted octanol–water partition coefficient (Wildman–Crippen LogP) is 1.67. The van der Waals surface area contributed by atoms with Gasteiger partial charge in [-0.3, -0.25) is 4.57 Å². The van der Waals surface area contributed by atoms with E-state index < -0.39 is 19.4 Å². The third-order valence-corrected chi connectivity index (χ3v) is 2.45. The average molecular weight is 207 g/mol. The third-order valence-electron chi connectivity index (χ3n) is 0.759. The van der Waals surface area contributed by atoms with Crippen LogP contribution in [0.1, 0.15) is 6.92 Å². The first-order valence-corrected chi connectivity index (χ1v) is 5.06. The molecule has 1 N–H and O–H groups in total. The number of rotatable bonds is 5. The molecule has 0 saturated heterocycles. The quantitative estimate of drug-likeness (QED) is 0.322. The molecule has 2 unspecified atom stereocenters. The summed E-state index contributed by atoms with van der Waals surface area (Å²) >= 11 is 4.97. The molecule has 0 aliphatic heterocycles. The summed E-state index contributed by atoms with van der Waals surface area (Å²) in [5.74, 6) is -2.70. The van der Waals surface area contributed by atoms with Crippen molar-refractivity contribution in [3.05, 3.63) is 0 Å². The Kier molecular flexibility index (Phi) is 5.21. The number of hydrogen-bond donors (Lipinski definition) is 1. The summed E-state index contributed by atoms with van der Waals surface area (Å²) in [6.07, 6.45) is 0. The highest BCUT2D eigenvalue weighted by Gasteiger charge is 2.33. The Morgan fingerprint density at radius 3 is 2.73 bits per heavy atom. The van der Waals surface area contributed by atoms with Crippen LogP contribution in [-0.4, -0.2) is 23.3 Å². The Balaban J connectivity index is 3.89. The van der Waals surface area contributed by atoms with Crippen molar-refractivity contribution >= 4 is 19.2 Å². The van der Waals surface area contributed by atoms with Crippen LogP contribution in [0, 0.1) is 0 Å². The molecule has 0 heterocycles. The van der Waals surface area contributed by atoms with E-state index in [-0.39, 0.29) is 6.61 Å². The molecule has 0 amide bonds. The van der Waals surface area contributed by atoms with E-state index in [1.54, 1.807) is 0 Å². The van der Waals surface area contributed by atoms with Gasteiger partial charge >= 0.3 is 7.60 Å². The minimum atomic E-state index is -4.32. The molecule has 0 fully saturated rings. The van der Waals surface area contributed by atoms with Gasteiger partial charge in [0.2, 0.25) is 5.91 Å². The van der Waals surface area contributed by atoms with E-state index in [1.807, 2.05) is 0 Å². The molecule has 2 atom stereocenters. The van der Waals surface area contributed by atoms with Gasteiger partial charge < -0.3 is 4.89 Å². The van der Waals surface area contributed by atoms with Gasteiger partial charge in [-0.2, -0.15) is 0 Å². The van der Waals surface area contributed by atoms with Gasteiger partial charge in [-0.05, 0) is 6.92 Å². The van der Waals surface area contributed by atoms with E-state index in [0.29, 0.717) is 0 Å². The van der Waals surface area contributed by atoms with Crippen LogP contribution < -0.4 is 0 Å². The maximum absolute atomic E-state index is 12.4. The van der Waals surface area contributed by atoms with Gasteiger partial charge in [0.25, 0.3) is 0 Å². The fourth-order valence-corrected chi connectivity index (χ4v) is 1.31. The highest BCUT2D eigenvalue weighted by molar-refractivity contribution is 7.53. The maximum atomic E-state index is 12.4. The lowest BCUT2D eigenvalue weighted by molar-refractivity contribution is -0.210. The predicted molar refractivity (Wildman–Crippen MR) is 38.2 cm³/mol. The van der Waals surface area contributed by atoms with Crippen molar-refractivity contribution in [3.63, 3.8) is 0 Å². The SMILES string of the molecule is CCOOP(=O)(O)C(F)CCl. The molecule has 7 heteroatoms. The summed E-state index contributed by atoms with van der Waals surface area (Å²) in [4.78, 5) is 12.8. The Morgan fingerprint density at radius 1 is 1.82 bits per heavy atom. The van der Waals surface area contributed by atoms with Crippen molar-refractivity contribution in [1.29, 1.82) is 0 Å². The van der Waals surface area contributed by atoms with Crippen molar-refractivity contribution in [2.45, 2.75) is 12.8 Å². The van der Waals surface area contributed by atoms with Gasteiger partial charge in [0.15, 0.2) is 0 Å². The van der Waals surface area contributed by atoms with E-state index in [0.717, 1.165) is 0 Å². The Hall–Kier alpha value is 0.330. The minimum Gasteiger partial charge on any atom is -0.321 e. The van der Waals surface area contributed by atoms with E-state index in [9.17, 15) is 8.96 Å². The Bertz CT molecular complexity index is 155. The molecule has 0 aliphatic rings. The largest absolute Gasteiger partial charge is 0.389 e. The molecule has 0 aliphatic carbocycles. The second-order valence-corrected chi connectivity index (χ2v) is 3.78. The van der Waals surface area contributed by atoms with E-state index in [4.69, 9.17) is 16.5 Å². The van der Waals surface area contributed by atoms with E-state index >= 15 is 0 Å². The number of alkyl halides is 2. The van der Waals surface area contributed by atoms with Crippen LogP contribution in [0.3, 0.4) is 0 Å². The first-order chi connectivity index (χ1) is 5.04. The lowest BCUT2D eigenvalue weighted by atomic mass is 10.9. The van der Waals surface area contributed by atoms with Gasteiger partial charge in [0.05, 0.1) is 12.5 Å². The molecule has 0 aromatic rings. The van der Waals surface area contributed by atoms with Crippen LogP contribution in [-0.2, 0) is 14.1 Å². The van der Waals surface area contributed by atoms with Gasteiger partial charge in [-0.1, -0.05) is 0 Å². The highest BCUT2D eigenvalue weighted by atomic mass is 35.5. The molecule has 0 aromatic carbocycles. The molecule has 68 valence electrons. The monoisotopic (exact) mass is 206 g/mol. The van der Waals surface area contributed by atoms with Gasteiger partial charge in [-0.15, -0.1) is 16.3 Å². The van der Waals surface area contributed by atoms with E-state index in [1.165, 1.54) is 6.92 Å². The topological polar surface area (TPSA) is 55.8 Å². The summed E-state index contributed by atoms with van der Waals surface area (Å²) in [5, 5.41) is 0. The summed E-state index contributed by atoms with van der Waals surface area (Å²) < 4.78 is 26.9. The summed E-state index contributed by atoms with van der Waals surface area (Å²) in [5.41, 5.74) is 0. The van der Waals surface area contributed by atoms with Crippen LogP contribution in [0.5, 0.6) is 0 Å². The summed E-state index contributed by atoms with van der Waals surface area (Å²) in [6, 6.07) is 0. The summed E-state index contributed by atoms with van der Waals surface area (Å²) in [7, 11) is -4.32. The lowest BCUT2D eigenvalue weighted by Crippen LogP contribution is -2.06. The van der Waals surface area contributed by atoms with Crippen molar-refractivity contribution in [3.8, 4) is 0 Å². The normalized spacial score (nSPS) is 19.3. The van der Waals surface area contributed by atoms with Crippen molar-refractivity contribution < 1.29 is 23.4 Å². The average Bonchev–Trinajstić information content (AvgIpc) is 1.99. The Labute approximate surface area is 68.7 Å². The zero-order valence-electron chi connectivity index (χ0n) is 5.87. The number of hydrogen-bond acceptors (Lipinski definition) is 3. The zero-order chi connectivity index (χ0) is 8.91. The van der Waals surface area contributed by atoms with Crippen LogP contribution in [0.2, 0.25) is 0 Å². The van der Waals surface area contributed by atoms with Crippen LogP contribution >= 0.6 is 19.2 Å². The van der Waals surface area contributed by atoms with Gasteiger partial charge in [0, 0.05) is 0 Å². The molecule has 4 nitrogen and oxygen atoms in total. The molecule has 0 radical (unpaired) electrons. The van der Waals surface area contributed by atoms with Gasteiger partial charge in [0.1, 0.15) is 0 Å². The van der Waals surface area contributed by atoms with Crippen LogP contribution in [0.25, 0.3) is 0 Å². The van der Waals surface area contributed by atoms with Crippen LogP contribution in [0.15, 0.2) is 0 Å². The standard InChI is InChI=1S/C4H9ClFO4P/c1-2-9-10-11(7,8)4(6)3-5/h4H,2-3H2,1H3,(H,7,8). The third kappa shape index (κ3) is 4.03. The number of halogens is 2. The minimum absolute atomic E-state index is 0.0690. The molecule has 0 bridgehead atoms. The molecule has 0 aromatic heterocycles. The smallest absolute Gasteiger partial charge is 0.321 e. The fraction of sp³-hybridized carbons (Fsp3) is 1.00. The zero-order valence-corrected chi connectivity index (χ0v) is 7.52. The molecule has 11 heavy (non-hydrogen) atoms. The first kappa shape index (κ1) is 11.3. The van der Waals surface area contributed by atoms with Crippen molar-refractivity contribution in [2.75, 3.05) is 12.5 Å². The lowest BCUT2D eigenvalue weighted by Gasteiger charge is -2.11. The Morgan fingerprint density at radius 2 is 2.36 bits per heavy atom. The summed E-state index contributed by atoms with van der Waals surface area (Å²) in [6.45, 7) is 1.60. The second-order valence-electron chi connectivity index (χ2n) is 1.63.